The summed E-state index contributed by atoms with van der Waals surface area (Å²) in [6, 6.07) is 8.19. The van der Waals surface area contributed by atoms with Crippen LogP contribution < -0.4 is 11.1 Å². The molecule has 106 valence electrons. The van der Waals surface area contributed by atoms with Crippen molar-refractivity contribution in [2.75, 3.05) is 13.1 Å². The number of hydrogen-bond donors (Lipinski definition) is 2. The highest BCUT2D eigenvalue weighted by atomic mass is 32.1. The number of thiocarbonyl (C=S) groups is 1. The summed E-state index contributed by atoms with van der Waals surface area (Å²) in [4.78, 5) is 15.0. The van der Waals surface area contributed by atoms with Gasteiger partial charge < -0.3 is 11.1 Å². The maximum atomic E-state index is 12.2. The fraction of sp³-hybridized carbons (Fsp3) is 0.467. The maximum Gasteiger partial charge on any atom is 0.251 e. The lowest BCUT2D eigenvalue weighted by Gasteiger charge is -2.15. The lowest BCUT2D eigenvalue weighted by molar-refractivity contribution is 0.0937. The molecule has 0 spiro atoms. The number of likely N-dealkylation sites (tertiary alicyclic amines) is 1. The molecule has 2 aliphatic rings. The van der Waals surface area contributed by atoms with Gasteiger partial charge in [-0.25, -0.2) is 0 Å². The number of benzene rings is 1. The molecule has 1 unspecified atom stereocenters. The highest BCUT2D eigenvalue weighted by molar-refractivity contribution is 7.80. The molecule has 0 radical (unpaired) electrons. The van der Waals surface area contributed by atoms with Crippen LogP contribution in [-0.4, -0.2) is 41.0 Å². The molecule has 1 aliphatic carbocycles. The highest BCUT2D eigenvalue weighted by Crippen LogP contribution is 2.29. The zero-order valence-corrected chi connectivity index (χ0v) is 12.2. The van der Waals surface area contributed by atoms with Crippen molar-refractivity contribution in [3.8, 4) is 0 Å². The van der Waals surface area contributed by atoms with Gasteiger partial charge in [0.1, 0.15) is 4.99 Å². The number of nitrogens with two attached hydrogens (primary N) is 1. The first-order chi connectivity index (χ1) is 9.63. The number of amides is 1. The van der Waals surface area contributed by atoms with Gasteiger partial charge in [0.2, 0.25) is 0 Å². The molecule has 1 atom stereocenters. The summed E-state index contributed by atoms with van der Waals surface area (Å²) < 4.78 is 0. The summed E-state index contributed by atoms with van der Waals surface area (Å²) in [5, 5.41) is 3.11. The van der Waals surface area contributed by atoms with Crippen LogP contribution >= 0.6 is 12.2 Å². The molecule has 1 saturated heterocycles. The van der Waals surface area contributed by atoms with Gasteiger partial charge in [0.25, 0.3) is 5.91 Å². The van der Waals surface area contributed by atoms with Gasteiger partial charge in [-0.1, -0.05) is 24.4 Å². The SMILES string of the molecule is NC(=S)c1ccc(C(=O)NC2CCN(C3CC3)C2)cc1. The Morgan fingerprint density at radius 1 is 1.20 bits per heavy atom. The average molecular weight is 289 g/mol. The van der Waals surface area contributed by atoms with Crippen LogP contribution in [0.1, 0.15) is 35.2 Å². The standard InChI is InChI=1S/C15H19N3OS/c16-14(20)10-1-3-11(4-2-10)15(19)17-12-7-8-18(9-12)13-5-6-13/h1-4,12-13H,5-9H2,(H2,16,20)(H,17,19). The number of nitrogens with zero attached hydrogens (tertiary/aromatic N) is 1. The second-order valence-electron chi connectivity index (χ2n) is 5.63. The fourth-order valence-corrected chi connectivity index (χ4v) is 2.87. The normalized spacial score (nSPS) is 22.7. The molecule has 1 amide bonds. The van der Waals surface area contributed by atoms with Gasteiger partial charge in [0.05, 0.1) is 0 Å². The van der Waals surface area contributed by atoms with E-state index in [-0.39, 0.29) is 11.9 Å². The lowest BCUT2D eigenvalue weighted by Crippen LogP contribution is -2.37. The second-order valence-corrected chi connectivity index (χ2v) is 6.07. The first-order valence-electron chi connectivity index (χ1n) is 7.08. The first-order valence-corrected chi connectivity index (χ1v) is 7.49. The van der Waals surface area contributed by atoms with Crippen molar-refractivity contribution in [3.05, 3.63) is 35.4 Å². The lowest BCUT2D eigenvalue weighted by atomic mass is 10.1. The summed E-state index contributed by atoms with van der Waals surface area (Å²) in [6.07, 6.45) is 3.69. The van der Waals surface area contributed by atoms with E-state index in [4.69, 9.17) is 18.0 Å². The molecule has 1 aromatic carbocycles. The molecule has 1 aliphatic heterocycles. The van der Waals surface area contributed by atoms with E-state index in [2.05, 4.69) is 10.2 Å². The average Bonchev–Trinajstić information content (AvgIpc) is 3.20. The summed E-state index contributed by atoms with van der Waals surface area (Å²) in [5.74, 6) is -0.0119. The van der Waals surface area contributed by atoms with Gasteiger partial charge in [-0.05, 0) is 31.4 Å². The van der Waals surface area contributed by atoms with E-state index in [0.717, 1.165) is 31.1 Å². The fourth-order valence-electron chi connectivity index (χ4n) is 2.73. The van der Waals surface area contributed by atoms with E-state index in [0.29, 0.717) is 10.6 Å². The van der Waals surface area contributed by atoms with Gasteiger partial charge in [0.15, 0.2) is 0 Å². The summed E-state index contributed by atoms with van der Waals surface area (Å²) in [6.45, 7) is 2.09. The second kappa shape index (κ2) is 5.50. The predicted octanol–water partition coefficient (Wildman–Crippen LogP) is 1.29. The Hall–Kier alpha value is -1.46. The molecule has 1 aromatic rings. The summed E-state index contributed by atoms with van der Waals surface area (Å²) >= 11 is 4.90. The van der Waals surface area contributed by atoms with Crippen molar-refractivity contribution >= 4 is 23.1 Å². The minimum Gasteiger partial charge on any atom is -0.389 e. The molecule has 5 heteroatoms. The van der Waals surface area contributed by atoms with Crippen LogP contribution in [0, 0.1) is 0 Å². The summed E-state index contributed by atoms with van der Waals surface area (Å²) in [5.41, 5.74) is 7.00. The zero-order valence-electron chi connectivity index (χ0n) is 11.3. The largest absolute Gasteiger partial charge is 0.389 e. The molecular formula is C15H19N3OS. The smallest absolute Gasteiger partial charge is 0.251 e. The quantitative estimate of drug-likeness (QED) is 0.820. The third-order valence-electron chi connectivity index (χ3n) is 4.05. The Bertz CT molecular complexity index is 524. The third-order valence-corrected chi connectivity index (χ3v) is 4.29. The van der Waals surface area contributed by atoms with Crippen LogP contribution in [-0.2, 0) is 0 Å². The van der Waals surface area contributed by atoms with Crippen LogP contribution in [0.3, 0.4) is 0 Å². The van der Waals surface area contributed by atoms with Crippen molar-refractivity contribution in [1.82, 2.24) is 10.2 Å². The van der Waals surface area contributed by atoms with Crippen LogP contribution in [0.25, 0.3) is 0 Å². The van der Waals surface area contributed by atoms with Crippen LogP contribution in [0.4, 0.5) is 0 Å². The number of carbonyl (C=O) groups is 1. The number of nitrogens with one attached hydrogen (secondary N) is 1. The Labute approximate surface area is 124 Å². The molecule has 0 bridgehead atoms. The monoisotopic (exact) mass is 289 g/mol. The number of hydrogen-bond acceptors (Lipinski definition) is 3. The van der Waals surface area contributed by atoms with Gasteiger partial charge in [-0.3, -0.25) is 9.69 Å². The molecule has 4 nitrogen and oxygen atoms in total. The van der Waals surface area contributed by atoms with Crippen LogP contribution in [0.5, 0.6) is 0 Å². The first kappa shape index (κ1) is 13.5. The Morgan fingerprint density at radius 3 is 2.45 bits per heavy atom. The predicted molar refractivity (Wildman–Crippen MR) is 82.8 cm³/mol. The minimum absolute atomic E-state index is 0.0119. The molecule has 1 saturated carbocycles. The Kier molecular flexibility index (Phi) is 3.72. The van der Waals surface area contributed by atoms with E-state index in [9.17, 15) is 4.79 Å². The molecule has 2 fully saturated rings. The van der Waals surface area contributed by atoms with Crippen LogP contribution in [0.15, 0.2) is 24.3 Å². The maximum absolute atomic E-state index is 12.2. The van der Waals surface area contributed by atoms with E-state index in [1.54, 1.807) is 24.3 Å². The molecule has 1 heterocycles. The molecular weight excluding hydrogens is 270 g/mol. The van der Waals surface area contributed by atoms with Gasteiger partial charge in [0, 0.05) is 36.3 Å². The highest BCUT2D eigenvalue weighted by Gasteiger charge is 2.34. The molecule has 3 rings (SSSR count). The van der Waals surface area contributed by atoms with Gasteiger partial charge in [-0.2, -0.15) is 0 Å². The topological polar surface area (TPSA) is 58.4 Å². The zero-order chi connectivity index (χ0) is 14.1. The third kappa shape index (κ3) is 2.99. The van der Waals surface area contributed by atoms with Crippen molar-refractivity contribution in [2.24, 2.45) is 5.73 Å². The number of rotatable bonds is 4. The van der Waals surface area contributed by atoms with Gasteiger partial charge >= 0.3 is 0 Å². The van der Waals surface area contributed by atoms with Crippen molar-refractivity contribution in [3.63, 3.8) is 0 Å². The van der Waals surface area contributed by atoms with Crippen molar-refractivity contribution in [1.29, 1.82) is 0 Å². The van der Waals surface area contributed by atoms with Crippen molar-refractivity contribution < 1.29 is 4.79 Å². The number of carbonyl (C=O) groups excluding carboxylic acids is 1. The van der Waals surface area contributed by atoms with E-state index < -0.39 is 0 Å². The minimum atomic E-state index is -0.0119. The van der Waals surface area contributed by atoms with Crippen molar-refractivity contribution in [2.45, 2.75) is 31.3 Å². The Balaban J connectivity index is 1.57. The molecule has 20 heavy (non-hydrogen) atoms. The molecule has 3 N–H and O–H groups in total. The summed E-state index contributed by atoms with van der Waals surface area (Å²) in [7, 11) is 0. The van der Waals surface area contributed by atoms with E-state index in [1.165, 1.54) is 12.8 Å². The Morgan fingerprint density at radius 2 is 1.85 bits per heavy atom. The van der Waals surface area contributed by atoms with Gasteiger partial charge in [-0.15, -0.1) is 0 Å². The molecule has 0 aromatic heterocycles. The van der Waals surface area contributed by atoms with E-state index in [1.807, 2.05) is 0 Å². The van der Waals surface area contributed by atoms with E-state index >= 15 is 0 Å². The van der Waals surface area contributed by atoms with Crippen LogP contribution in [0.2, 0.25) is 0 Å².